The van der Waals surface area contributed by atoms with Gasteiger partial charge in [0.25, 0.3) is 5.82 Å². The van der Waals surface area contributed by atoms with Crippen molar-refractivity contribution in [3.05, 3.63) is 12.2 Å². The Kier molecular flexibility index (Phi) is 2.77. The maximum Gasteiger partial charge on any atom is 0.252 e. The normalized spacial score (nSPS) is 16.5. The first kappa shape index (κ1) is 9.84. The number of nitriles is 1. The van der Waals surface area contributed by atoms with Gasteiger partial charge in [0.2, 0.25) is 0 Å². The summed E-state index contributed by atoms with van der Waals surface area (Å²) in [6.45, 7) is 0.249. The van der Waals surface area contributed by atoms with E-state index in [9.17, 15) is 4.79 Å². The molecule has 1 aliphatic carbocycles. The zero-order valence-electron chi connectivity index (χ0n) is 8.39. The average molecular weight is 204 g/mol. The molecule has 1 fully saturated rings. The zero-order chi connectivity index (χ0) is 10.7. The molecule has 0 aliphatic heterocycles. The van der Waals surface area contributed by atoms with E-state index in [1.54, 1.807) is 0 Å². The van der Waals surface area contributed by atoms with Crippen LogP contribution in [0.1, 0.15) is 31.5 Å². The van der Waals surface area contributed by atoms with E-state index in [-0.39, 0.29) is 24.1 Å². The minimum absolute atomic E-state index is 0.120. The monoisotopic (exact) mass is 204 g/mol. The SMILES string of the molecule is N#Cc1ncn(CC(=O)C2CCCC2)n1. The van der Waals surface area contributed by atoms with Gasteiger partial charge in [0.15, 0.2) is 5.78 Å². The third-order valence-corrected chi connectivity index (χ3v) is 2.76. The highest BCUT2D eigenvalue weighted by atomic mass is 16.1. The van der Waals surface area contributed by atoms with Crippen LogP contribution in [0.5, 0.6) is 0 Å². The Morgan fingerprint density at radius 3 is 2.93 bits per heavy atom. The highest BCUT2D eigenvalue weighted by Gasteiger charge is 2.22. The molecule has 0 N–H and O–H groups in total. The van der Waals surface area contributed by atoms with Gasteiger partial charge in [0.1, 0.15) is 18.9 Å². The zero-order valence-corrected chi connectivity index (χ0v) is 8.39. The van der Waals surface area contributed by atoms with Crippen LogP contribution in [-0.2, 0) is 11.3 Å². The van der Waals surface area contributed by atoms with Gasteiger partial charge in [0, 0.05) is 5.92 Å². The van der Waals surface area contributed by atoms with Gasteiger partial charge in [-0.05, 0) is 12.8 Å². The van der Waals surface area contributed by atoms with Gasteiger partial charge in [-0.1, -0.05) is 12.8 Å². The third kappa shape index (κ3) is 2.21. The van der Waals surface area contributed by atoms with E-state index in [2.05, 4.69) is 10.1 Å². The van der Waals surface area contributed by atoms with E-state index >= 15 is 0 Å². The second kappa shape index (κ2) is 4.22. The largest absolute Gasteiger partial charge is 0.297 e. The standard InChI is InChI=1S/C10H12N4O/c11-5-10-12-7-14(13-10)6-9(15)8-3-1-2-4-8/h7-8H,1-4,6H2. The molecule has 5 nitrogen and oxygen atoms in total. The molecule has 5 heteroatoms. The summed E-state index contributed by atoms with van der Waals surface area (Å²) in [5, 5.41) is 12.4. The molecule has 0 unspecified atom stereocenters. The van der Waals surface area contributed by atoms with Crippen LogP contribution in [0.25, 0.3) is 0 Å². The molecule has 0 radical (unpaired) electrons. The van der Waals surface area contributed by atoms with Crippen molar-refractivity contribution in [3.63, 3.8) is 0 Å². The minimum atomic E-state index is 0.120. The number of carbonyl (C=O) groups is 1. The number of rotatable bonds is 3. The summed E-state index contributed by atoms with van der Waals surface area (Å²) in [5.41, 5.74) is 0. The van der Waals surface area contributed by atoms with Crippen LogP contribution >= 0.6 is 0 Å². The molecule has 1 saturated carbocycles. The molecule has 0 amide bonds. The molecule has 1 aromatic rings. The molecule has 15 heavy (non-hydrogen) atoms. The Morgan fingerprint density at radius 1 is 1.60 bits per heavy atom. The molecule has 0 saturated heterocycles. The van der Waals surface area contributed by atoms with Crippen molar-refractivity contribution in [1.82, 2.24) is 14.8 Å². The topological polar surface area (TPSA) is 71.6 Å². The van der Waals surface area contributed by atoms with Crippen molar-refractivity contribution >= 4 is 5.78 Å². The van der Waals surface area contributed by atoms with Gasteiger partial charge in [-0.15, -0.1) is 5.10 Å². The fourth-order valence-corrected chi connectivity index (χ4v) is 1.96. The van der Waals surface area contributed by atoms with E-state index in [1.807, 2.05) is 6.07 Å². The van der Waals surface area contributed by atoms with Gasteiger partial charge in [-0.2, -0.15) is 5.26 Å². The summed E-state index contributed by atoms with van der Waals surface area (Å²) in [6, 6.07) is 1.84. The second-order valence-corrected chi connectivity index (χ2v) is 3.83. The quantitative estimate of drug-likeness (QED) is 0.733. The molecule has 0 bridgehead atoms. The van der Waals surface area contributed by atoms with E-state index in [0.29, 0.717) is 0 Å². The number of hydrogen-bond donors (Lipinski definition) is 0. The Morgan fingerprint density at radius 2 is 2.33 bits per heavy atom. The first-order chi connectivity index (χ1) is 7.29. The van der Waals surface area contributed by atoms with Crippen LogP contribution in [0.4, 0.5) is 0 Å². The molecular formula is C10H12N4O. The number of carbonyl (C=O) groups excluding carboxylic acids is 1. The molecule has 1 aliphatic rings. The number of nitrogens with zero attached hydrogens (tertiary/aromatic N) is 4. The second-order valence-electron chi connectivity index (χ2n) is 3.83. The van der Waals surface area contributed by atoms with Crippen molar-refractivity contribution in [2.24, 2.45) is 5.92 Å². The molecule has 1 heterocycles. The molecular weight excluding hydrogens is 192 g/mol. The van der Waals surface area contributed by atoms with E-state index in [1.165, 1.54) is 11.0 Å². The summed E-state index contributed by atoms with van der Waals surface area (Å²) in [4.78, 5) is 15.5. The Balaban J connectivity index is 1.96. The number of Topliss-reactive ketones (excluding diaryl/α,β-unsaturated/α-hetero) is 1. The molecule has 0 atom stereocenters. The fraction of sp³-hybridized carbons (Fsp3) is 0.600. The predicted molar refractivity (Wildman–Crippen MR) is 51.7 cm³/mol. The van der Waals surface area contributed by atoms with Crippen LogP contribution in [0.15, 0.2) is 6.33 Å². The van der Waals surface area contributed by atoms with E-state index < -0.39 is 0 Å². The molecule has 1 aromatic heterocycles. The number of hydrogen-bond acceptors (Lipinski definition) is 4. The van der Waals surface area contributed by atoms with Crippen LogP contribution < -0.4 is 0 Å². The summed E-state index contributed by atoms with van der Waals surface area (Å²) in [5.74, 6) is 0.524. The molecule has 0 aromatic carbocycles. The smallest absolute Gasteiger partial charge is 0.252 e. The van der Waals surface area contributed by atoms with Gasteiger partial charge in [-0.3, -0.25) is 4.79 Å². The van der Waals surface area contributed by atoms with Gasteiger partial charge >= 0.3 is 0 Å². The van der Waals surface area contributed by atoms with Gasteiger partial charge < -0.3 is 0 Å². The van der Waals surface area contributed by atoms with Crippen LogP contribution in [0.3, 0.4) is 0 Å². The lowest BCUT2D eigenvalue weighted by atomic mass is 10.0. The summed E-state index contributed by atoms with van der Waals surface area (Å²) < 4.78 is 1.44. The highest BCUT2D eigenvalue weighted by molar-refractivity contribution is 5.80. The van der Waals surface area contributed by atoms with Crippen LogP contribution in [-0.4, -0.2) is 20.5 Å². The van der Waals surface area contributed by atoms with Gasteiger partial charge in [0.05, 0.1) is 0 Å². The number of ketones is 1. The van der Waals surface area contributed by atoms with Crippen LogP contribution in [0, 0.1) is 17.2 Å². The third-order valence-electron chi connectivity index (χ3n) is 2.76. The van der Waals surface area contributed by atoms with Crippen molar-refractivity contribution in [1.29, 1.82) is 5.26 Å². The highest BCUT2D eigenvalue weighted by Crippen LogP contribution is 2.25. The lowest BCUT2D eigenvalue weighted by Gasteiger charge is -2.06. The maximum atomic E-state index is 11.7. The van der Waals surface area contributed by atoms with Crippen molar-refractivity contribution in [3.8, 4) is 6.07 Å². The molecule has 2 rings (SSSR count). The molecule has 78 valence electrons. The van der Waals surface area contributed by atoms with Crippen LogP contribution in [0.2, 0.25) is 0 Å². The van der Waals surface area contributed by atoms with Crippen molar-refractivity contribution in [2.45, 2.75) is 32.2 Å². The summed E-state index contributed by atoms with van der Waals surface area (Å²) in [7, 11) is 0. The van der Waals surface area contributed by atoms with Gasteiger partial charge in [-0.25, -0.2) is 9.67 Å². The number of aromatic nitrogens is 3. The average Bonchev–Trinajstić information content (AvgIpc) is 2.87. The maximum absolute atomic E-state index is 11.7. The first-order valence-electron chi connectivity index (χ1n) is 5.12. The summed E-state index contributed by atoms with van der Waals surface area (Å²) >= 11 is 0. The fourth-order valence-electron chi connectivity index (χ4n) is 1.96. The Hall–Kier alpha value is -1.70. The molecule has 0 spiro atoms. The van der Waals surface area contributed by atoms with Crippen molar-refractivity contribution < 1.29 is 4.79 Å². The lowest BCUT2D eigenvalue weighted by molar-refractivity contribution is -0.123. The van der Waals surface area contributed by atoms with E-state index in [0.717, 1.165) is 25.7 Å². The minimum Gasteiger partial charge on any atom is -0.297 e. The Labute approximate surface area is 87.7 Å². The van der Waals surface area contributed by atoms with E-state index in [4.69, 9.17) is 5.26 Å². The Bertz CT molecular complexity index is 398. The summed E-state index contributed by atoms with van der Waals surface area (Å²) in [6.07, 6.45) is 5.73. The van der Waals surface area contributed by atoms with Crippen molar-refractivity contribution in [2.75, 3.05) is 0 Å². The first-order valence-corrected chi connectivity index (χ1v) is 5.12. The lowest BCUT2D eigenvalue weighted by Crippen LogP contribution is -2.18. The predicted octanol–water partition coefficient (Wildman–Crippen LogP) is 0.909.